The standard InChI is InChI=1S/C14H27NO2/c1-12-5-6-13(17-12)9-15-10-14(11-16)7-3-2-4-8-14/h12-13,15-16H,2-11H2,1H3. The molecule has 3 heteroatoms. The predicted molar refractivity (Wildman–Crippen MR) is 69.0 cm³/mol. The normalized spacial score (nSPS) is 32.8. The van der Waals surface area contributed by atoms with Gasteiger partial charge in [0.2, 0.25) is 0 Å². The topological polar surface area (TPSA) is 41.5 Å². The van der Waals surface area contributed by atoms with Gasteiger partial charge in [0.25, 0.3) is 0 Å². The number of ether oxygens (including phenoxy) is 1. The summed E-state index contributed by atoms with van der Waals surface area (Å²) in [7, 11) is 0. The minimum atomic E-state index is 0.155. The van der Waals surface area contributed by atoms with Gasteiger partial charge in [0.15, 0.2) is 0 Å². The number of aliphatic hydroxyl groups is 1. The molecular weight excluding hydrogens is 214 g/mol. The summed E-state index contributed by atoms with van der Waals surface area (Å²) in [5.74, 6) is 0. The highest BCUT2D eigenvalue weighted by Crippen LogP contribution is 2.35. The fraction of sp³-hybridized carbons (Fsp3) is 1.00. The molecule has 2 N–H and O–H groups in total. The van der Waals surface area contributed by atoms with E-state index < -0.39 is 0 Å². The van der Waals surface area contributed by atoms with Crippen molar-refractivity contribution in [2.75, 3.05) is 19.7 Å². The van der Waals surface area contributed by atoms with Gasteiger partial charge in [-0.15, -0.1) is 0 Å². The maximum Gasteiger partial charge on any atom is 0.0704 e. The van der Waals surface area contributed by atoms with E-state index in [0.29, 0.717) is 18.8 Å². The highest BCUT2D eigenvalue weighted by Gasteiger charge is 2.31. The summed E-state index contributed by atoms with van der Waals surface area (Å²) in [6.07, 6.45) is 9.45. The molecular formula is C14H27NO2. The zero-order valence-electron chi connectivity index (χ0n) is 11.1. The lowest BCUT2D eigenvalue weighted by atomic mass is 9.74. The monoisotopic (exact) mass is 241 g/mol. The molecule has 1 aliphatic heterocycles. The summed E-state index contributed by atoms with van der Waals surface area (Å²) in [6.45, 7) is 4.39. The molecule has 3 nitrogen and oxygen atoms in total. The summed E-state index contributed by atoms with van der Waals surface area (Å²) in [6, 6.07) is 0. The molecule has 2 aliphatic rings. The Bertz CT molecular complexity index is 226. The Hall–Kier alpha value is -0.120. The third kappa shape index (κ3) is 3.67. The van der Waals surface area contributed by atoms with Gasteiger partial charge >= 0.3 is 0 Å². The molecule has 1 saturated carbocycles. The first-order valence-electron chi connectivity index (χ1n) is 7.21. The smallest absolute Gasteiger partial charge is 0.0704 e. The molecule has 1 saturated heterocycles. The van der Waals surface area contributed by atoms with Gasteiger partial charge < -0.3 is 15.2 Å². The molecule has 100 valence electrons. The molecule has 0 aromatic rings. The van der Waals surface area contributed by atoms with Crippen molar-refractivity contribution >= 4 is 0 Å². The van der Waals surface area contributed by atoms with E-state index in [-0.39, 0.29) is 5.41 Å². The molecule has 0 spiro atoms. The van der Waals surface area contributed by atoms with Crippen LogP contribution in [0.2, 0.25) is 0 Å². The van der Waals surface area contributed by atoms with E-state index in [4.69, 9.17) is 4.74 Å². The van der Waals surface area contributed by atoms with E-state index in [2.05, 4.69) is 12.2 Å². The minimum absolute atomic E-state index is 0.155. The summed E-state index contributed by atoms with van der Waals surface area (Å²) < 4.78 is 5.79. The number of nitrogens with one attached hydrogen (secondary N) is 1. The summed E-state index contributed by atoms with van der Waals surface area (Å²) in [5.41, 5.74) is 0.155. The van der Waals surface area contributed by atoms with Gasteiger partial charge in [0.05, 0.1) is 12.2 Å². The maximum absolute atomic E-state index is 9.60. The molecule has 2 rings (SSSR count). The second kappa shape index (κ2) is 6.17. The fourth-order valence-electron chi connectivity index (χ4n) is 3.23. The minimum Gasteiger partial charge on any atom is -0.396 e. The van der Waals surface area contributed by atoms with E-state index in [9.17, 15) is 5.11 Å². The Morgan fingerprint density at radius 2 is 2.00 bits per heavy atom. The lowest BCUT2D eigenvalue weighted by Gasteiger charge is -2.36. The van der Waals surface area contributed by atoms with Crippen LogP contribution in [0.3, 0.4) is 0 Å². The van der Waals surface area contributed by atoms with Crippen molar-refractivity contribution in [1.29, 1.82) is 0 Å². The molecule has 1 aliphatic carbocycles. The number of hydrogen-bond acceptors (Lipinski definition) is 3. The van der Waals surface area contributed by atoms with Crippen LogP contribution in [0.5, 0.6) is 0 Å². The average Bonchev–Trinajstić information content (AvgIpc) is 2.76. The van der Waals surface area contributed by atoms with E-state index in [0.717, 1.165) is 13.1 Å². The van der Waals surface area contributed by atoms with Gasteiger partial charge in [0.1, 0.15) is 0 Å². The van der Waals surface area contributed by atoms with Crippen LogP contribution in [0.1, 0.15) is 51.9 Å². The molecule has 17 heavy (non-hydrogen) atoms. The summed E-state index contributed by atoms with van der Waals surface area (Å²) >= 11 is 0. The van der Waals surface area contributed by atoms with Crippen molar-refractivity contribution in [1.82, 2.24) is 5.32 Å². The average molecular weight is 241 g/mol. The summed E-state index contributed by atoms with van der Waals surface area (Å²) in [5, 5.41) is 13.1. The van der Waals surface area contributed by atoms with E-state index in [1.54, 1.807) is 0 Å². The number of hydrogen-bond donors (Lipinski definition) is 2. The van der Waals surface area contributed by atoms with Crippen LogP contribution in [0, 0.1) is 5.41 Å². The SMILES string of the molecule is CC1CCC(CNCC2(CO)CCCCC2)O1. The maximum atomic E-state index is 9.60. The zero-order chi connectivity index (χ0) is 12.1. The molecule has 2 fully saturated rings. The third-order valence-corrected chi connectivity index (χ3v) is 4.44. The Labute approximate surface area is 105 Å². The Morgan fingerprint density at radius 1 is 1.24 bits per heavy atom. The van der Waals surface area contributed by atoms with Crippen LogP contribution < -0.4 is 5.32 Å². The van der Waals surface area contributed by atoms with Gasteiger partial charge in [-0.3, -0.25) is 0 Å². The van der Waals surface area contributed by atoms with Crippen molar-refractivity contribution in [2.45, 2.75) is 64.1 Å². The highest BCUT2D eigenvalue weighted by molar-refractivity contribution is 4.85. The number of aliphatic hydroxyl groups excluding tert-OH is 1. The molecule has 0 radical (unpaired) electrons. The highest BCUT2D eigenvalue weighted by atomic mass is 16.5. The van der Waals surface area contributed by atoms with Gasteiger partial charge in [0, 0.05) is 25.1 Å². The first-order valence-corrected chi connectivity index (χ1v) is 7.21. The Kier molecular flexibility index (Phi) is 4.83. The fourth-order valence-corrected chi connectivity index (χ4v) is 3.23. The summed E-state index contributed by atoms with van der Waals surface area (Å²) in [4.78, 5) is 0. The lowest BCUT2D eigenvalue weighted by molar-refractivity contribution is 0.0456. The lowest BCUT2D eigenvalue weighted by Crippen LogP contribution is -2.41. The number of rotatable bonds is 5. The molecule has 2 atom stereocenters. The van der Waals surface area contributed by atoms with Crippen LogP contribution in [-0.4, -0.2) is 37.0 Å². The van der Waals surface area contributed by atoms with Crippen molar-refractivity contribution in [2.24, 2.45) is 5.41 Å². The van der Waals surface area contributed by atoms with Crippen LogP contribution >= 0.6 is 0 Å². The van der Waals surface area contributed by atoms with Crippen LogP contribution in [0.15, 0.2) is 0 Å². The van der Waals surface area contributed by atoms with Crippen molar-refractivity contribution < 1.29 is 9.84 Å². The largest absolute Gasteiger partial charge is 0.396 e. The van der Waals surface area contributed by atoms with Gasteiger partial charge in [-0.1, -0.05) is 19.3 Å². The van der Waals surface area contributed by atoms with Crippen LogP contribution in [-0.2, 0) is 4.74 Å². The van der Waals surface area contributed by atoms with E-state index in [1.165, 1.54) is 44.9 Å². The van der Waals surface area contributed by atoms with Crippen molar-refractivity contribution in [3.63, 3.8) is 0 Å². The Balaban J connectivity index is 1.69. The first-order chi connectivity index (χ1) is 8.24. The van der Waals surface area contributed by atoms with E-state index in [1.807, 2.05) is 0 Å². The molecule has 0 aromatic heterocycles. The first kappa shape index (κ1) is 13.3. The molecule has 1 heterocycles. The van der Waals surface area contributed by atoms with Crippen LogP contribution in [0.25, 0.3) is 0 Å². The van der Waals surface area contributed by atoms with E-state index >= 15 is 0 Å². The molecule has 0 amide bonds. The van der Waals surface area contributed by atoms with Gasteiger partial charge in [-0.05, 0) is 32.6 Å². The van der Waals surface area contributed by atoms with Crippen LogP contribution in [0.4, 0.5) is 0 Å². The third-order valence-electron chi connectivity index (χ3n) is 4.44. The second-order valence-electron chi connectivity index (χ2n) is 6.00. The quantitative estimate of drug-likeness (QED) is 0.774. The Morgan fingerprint density at radius 3 is 2.59 bits per heavy atom. The van der Waals surface area contributed by atoms with Crippen molar-refractivity contribution in [3.8, 4) is 0 Å². The van der Waals surface area contributed by atoms with Crippen molar-refractivity contribution in [3.05, 3.63) is 0 Å². The van der Waals surface area contributed by atoms with Gasteiger partial charge in [-0.2, -0.15) is 0 Å². The predicted octanol–water partition coefficient (Wildman–Crippen LogP) is 2.09. The van der Waals surface area contributed by atoms with Gasteiger partial charge in [-0.25, -0.2) is 0 Å². The molecule has 2 unspecified atom stereocenters. The zero-order valence-corrected chi connectivity index (χ0v) is 11.1. The molecule has 0 aromatic carbocycles. The second-order valence-corrected chi connectivity index (χ2v) is 6.00. The molecule has 0 bridgehead atoms.